The van der Waals surface area contributed by atoms with Crippen LogP contribution in [0.4, 0.5) is 5.82 Å². The highest BCUT2D eigenvalue weighted by atomic mass is 35.5. The Morgan fingerprint density at radius 1 is 1.16 bits per heavy atom. The van der Waals surface area contributed by atoms with Crippen molar-refractivity contribution in [2.24, 2.45) is 5.41 Å². The Morgan fingerprint density at radius 3 is 2.70 bits per heavy atom. The molecule has 0 aromatic carbocycles. The van der Waals surface area contributed by atoms with E-state index in [9.17, 15) is 9.90 Å². The molecule has 0 saturated heterocycles. The van der Waals surface area contributed by atoms with Crippen molar-refractivity contribution < 1.29 is 19.4 Å². The summed E-state index contributed by atoms with van der Waals surface area (Å²) in [6.07, 6.45) is 7.75. The number of hydrogen-bond acceptors (Lipinski definition) is 8. The first-order chi connectivity index (χ1) is 17.9. The van der Waals surface area contributed by atoms with Gasteiger partial charge in [0.15, 0.2) is 18.2 Å². The number of carbonyl (C=O) groups excluding carboxylic acids is 1. The van der Waals surface area contributed by atoms with Gasteiger partial charge in [-0.15, -0.1) is 0 Å². The normalized spacial score (nSPS) is 25.3. The summed E-state index contributed by atoms with van der Waals surface area (Å²) in [4.78, 5) is 25.1. The molecule has 3 aromatic heterocycles. The summed E-state index contributed by atoms with van der Waals surface area (Å²) in [6, 6.07) is 7.41. The van der Waals surface area contributed by atoms with E-state index in [0.717, 1.165) is 44.2 Å². The molecule has 37 heavy (non-hydrogen) atoms. The van der Waals surface area contributed by atoms with Crippen molar-refractivity contribution in [1.29, 1.82) is 0 Å². The standard InChI is InChI=1S/C27H30ClN5O4/c1-36-22-5-3-18-24(33-22)23(17(28)14-29-18)19(34)12-26-6-9-27(10-7-26,11-8-26)30-13-16-2-4-20-25(31-16)32-21(35)15-37-20/h2-5,14,19,30,34H,6-13,15H2,1H3,(H,31,32,35). The monoisotopic (exact) mass is 523 g/mol. The molecule has 1 amide bonds. The van der Waals surface area contributed by atoms with Gasteiger partial charge in [-0.3, -0.25) is 9.78 Å². The number of carbonyl (C=O) groups is 1. The number of hydrogen-bond donors (Lipinski definition) is 3. The summed E-state index contributed by atoms with van der Waals surface area (Å²) in [5, 5.41) is 18.4. The summed E-state index contributed by atoms with van der Waals surface area (Å²) in [5.41, 5.74) is 2.94. The van der Waals surface area contributed by atoms with Crippen LogP contribution in [0.15, 0.2) is 30.5 Å². The molecule has 4 aliphatic rings. The van der Waals surface area contributed by atoms with Gasteiger partial charge >= 0.3 is 0 Å². The van der Waals surface area contributed by atoms with E-state index in [1.54, 1.807) is 19.4 Å². The third kappa shape index (κ3) is 4.60. The van der Waals surface area contributed by atoms with E-state index in [4.69, 9.17) is 21.1 Å². The number of aliphatic hydroxyl groups excluding tert-OH is 1. The lowest BCUT2D eigenvalue weighted by atomic mass is 9.55. The number of nitrogens with zero attached hydrogens (tertiary/aromatic N) is 3. The molecule has 1 aliphatic heterocycles. The number of methoxy groups -OCH3 is 1. The fraction of sp³-hybridized carbons (Fsp3) is 0.481. The molecule has 10 heteroatoms. The van der Waals surface area contributed by atoms with E-state index < -0.39 is 6.10 Å². The predicted molar refractivity (Wildman–Crippen MR) is 139 cm³/mol. The maximum atomic E-state index is 11.6. The highest BCUT2D eigenvalue weighted by molar-refractivity contribution is 6.32. The number of halogens is 1. The lowest BCUT2D eigenvalue weighted by molar-refractivity contribution is -0.118. The van der Waals surface area contributed by atoms with Crippen molar-refractivity contribution in [2.45, 2.75) is 63.1 Å². The average Bonchev–Trinajstić information content (AvgIpc) is 2.92. The van der Waals surface area contributed by atoms with Gasteiger partial charge in [0.2, 0.25) is 5.88 Å². The number of fused-ring (bicyclic) bond motifs is 5. The summed E-state index contributed by atoms with van der Waals surface area (Å²) in [5.74, 6) is 1.38. The quantitative estimate of drug-likeness (QED) is 0.419. The number of rotatable bonds is 7. The molecule has 2 bridgehead atoms. The summed E-state index contributed by atoms with van der Waals surface area (Å²) < 4.78 is 10.7. The van der Waals surface area contributed by atoms with E-state index in [2.05, 4.69) is 25.6 Å². The zero-order valence-electron chi connectivity index (χ0n) is 20.7. The third-order valence-corrected chi connectivity index (χ3v) is 8.73. The first-order valence-electron chi connectivity index (χ1n) is 12.7. The SMILES string of the molecule is COc1ccc2ncc(Cl)c(C(O)CC34CCC(NCc5ccc6c(n5)NC(=O)CO6)(CC3)CC4)c2n1. The van der Waals surface area contributed by atoms with Crippen LogP contribution in [0.25, 0.3) is 11.0 Å². The van der Waals surface area contributed by atoms with E-state index in [1.165, 1.54) is 0 Å². The van der Waals surface area contributed by atoms with E-state index in [-0.39, 0.29) is 23.5 Å². The van der Waals surface area contributed by atoms with Crippen LogP contribution in [0.3, 0.4) is 0 Å². The first kappa shape index (κ1) is 24.3. The largest absolute Gasteiger partial charge is 0.481 e. The van der Waals surface area contributed by atoms with Gasteiger partial charge in [-0.2, -0.15) is 0 Å². The van der Waals surface area contributed by atoms with Gasteiger partial charge < -0.3 is 25.2 Å². The zero-order chi connectivity index (χ0) is 25.6. The second-order valence-electron chi connectivity index (χ2n) is 10.6. The number of pyridine rings is 3. The topological polar surface area (TPSA) is 118 Å². The van der Waals surface area contributed by atoms with Gasteiger partial charge in [-0.25, -0.2) is 9.97 Å². The molecule has 9 nitrogen and oxygen atoms in total. The maximum Gasteiger partial charge on any atom is 0.263 e. The molecule has 0 radical (unpaired) electrons. The number of aromatic nitrogens is 3. The molecule has 0 spiro atoms. The molecule has 3 saturated carbocycles. The van der Waals surface area contributed by atoms with Gasteiger partial charge in [-0.05, 0) is 68.6 Å². The second kappa shape index (κ2) is 9.38. The van der Waals surface area contributed by atoms with Crippen LogP contribution < -0.4 is 20.1 Å². The van der Waals surface area contributed by atoms with Crippen LogP contribution in [0.2, 0.25) is 5.02 Å². The third-order valence-electron chi connectivity index (χ3n) is 8.43. The zero-order valence-corrected chi connectivity index (χ0v) is 21.5. The molecular weight excluding hydrogens is 494 g/mol. The Balaban J connectivity index is 1.13. The fourth-order valence-corrected chi connectivity index (χ4v) is 6.47. The number of nitrogens with one attached hydrogen (secondary N) is 2. The van der Waals surface area contributed by atoms with E-state index in [0.29, 0.717) is 52.0 Å². The molecule has 194 valence electrons. The minimum atomic E-state index is -0.728. The van der Waals surface area contributed by atoms with Crippen molar-refractivity contribution in [2.75, 3.05) is 19.0 Å². The molecule has 3 aromatic rings. The Bertz CT molecular complexity index is 1340. The van der Waals surface area contributed by atoms with Crippen LogP contribution >= 0.6 is 11.6 Å². The molecular formula is C27H30ClN5O4. The predicted octanol–water partition coefficient (Wildman–Crippen LogP) is 4.32. The maximum absolute atomic E-state index is 11.6. The number of anilines is 1. The molecule has 3 N–H and O–H groups in total. The molecule has 1 unspecified atom stereocenters. The highest BCUT2D eigenvalue weighted by Gasteiger charge is 2.49. The molecule has 7 rings (SSSR count). The Morgan fingerprint density at radius 2 is 1.95 bits per heavy atom. The first-order valence-corrected chi connectivity index (χ1v) is 13.1. The minimum Gasteiger partial charge on any atom is -0.481 e. The van der Waals surface area contributed by atoms with Crippen molar-refractivity contribution in [3.05, 3.63) is 46.7 Å². The number of amides is 1. The Labute approximate surface area is 220 Å². The van der Waals surface area contributed by atoms with Gasteiger partial charge in [0.05, 0.1) is 29.4 Å². The Hall–Kier alpha value is -3.01. The smallest absolute Gasteiger partial charge is 0.263 e. The lowest BCUT2D eigenvalue weighted by Gasteiger charge is -2.54. The van der Waals surface area contributed by atoms with Crippen LogP contribution in [-0.4, -0.2) is 45.2 Å². The average molecular weight is 524 g/mol. The van der Waals surface area contributed by atoms with Crippen molar-refractivity contribution in [1.82, 2.24) is 20.3 Å². The van der Waals surface area contributed by atoms with Gasteiger partial charge in [0.25, 0.3) is 5.91 Å². The fourth-order valence-electron chi connectivity index (χ4n) is 6.20. The molecule has 3 aliphatic carbocycles. The van der Waals surface area contributed by atoms with Crippen molar-refractivity contribution in [3.8, 4) is 11.6 Å². The van der Waals surface area contributed by atoms with Gasteiger partial charge in [0.1, 0.15) is 5.52 Å². The summed E-state index contributed by atoms with van der Waals surface area (Å²) in [7, 11) is 1.57. The van der Waals surface area contributed by atoms with Crippen molar-refractivity contribution in [3.63, 3.8) is 0 Å². The van der Waals surface area contributed by atoms with Gasteiger partial charge in [-0.1, -0.05) is 11.6 Å². The lowest BCUT2D eigenvalue weighted by Crippen LogP contribution is -2.54. The second-order valence-corrected chi connectivity index (χ2v) is 11.0. The van der Waals surface area contributed by atoms with Crippen LogP contribution in [0, 0.1) is 5.41 Å². The van der Waals surface area contributed by atoms with Crippen molar-refractivity contribution >= 4 is 34.4 Å². The summed E-state index contributed by atoms with van der Waals surface area (Å²) in [6.45, 7) is 0.658. The highest BCUT2D eigenvalue weighted by Crippen LogP contribution is 2.56. The molecule has 3 fully saturated rings. The van der Waals surface area contributed by atoms with Crippen LogP contribution in [0.5, 0.6) is 11.6 Å². The van der Waals surface area contributed by atoms with E-state index >= 15 is 0 Å². The van der Waals surface area contributed by atoms with E-state index in [1.807, 2.05) is 18.2 Å². The minimum absolute atomic E-state index is 0.0279. The van der Waals surface area contributed by atoms with Crippen LogP contribution in [-0.2, 0) is 11.3 Å². The van der Waals surface area contributed by atoms with Crippen LogP contribution in [0.1, 0.15) is 62.3 Å². The number of ether oxygens (including phenoxy) is 2. The Kier molecular flexibility index (Phi) is 6.17. The van der Waals surface area contributed by atoms with Gasteiger partial charge in [0, 0.05) is 29.9 Å². The molecule has 1 atom stereocenters. The number of aliphatic hydroxyl groups is 1. The summed E-state index contributed by atoms with van der Waals surface area (Å²) >= 11 is 6.53. The molecule has 4 heterocycles.